The molecule has 8 heteroatoms. The summed E-state index contributed by atoms with van der Waals surface area (Å²) < 4.78 is 0. The van der Waals surface area contributed by atoms with Crippen LogP contribution in [0.2, 0.25) is 10.0 Å². The minimum atomic E-state index is -0.615. The number of carbonyl (C=O) groups is 1. The lowest BCUT2D eigenvalue weighted by Gasteiger charge is -2.21. The lowest BCUT2D eigenvalue weighted by molar-refractivity contribution is -0.384. The predicted octanol–water partition coefficient (Wildman–Crippen LogP) is 3.18. The van der Waals surface area contributed by atoms with Crippen LogP contribution < -0.4 is 5.32 Å². The van der Waals surface area contributed by atoms with E-state index in [4.69, 9.17) is 23.2 Å². The fourth-order valence-electron chi connectivity index (χ4n) is 1.58. The van der Waals surface area contributed by atoms with Gasteiger partial charge in [0.15, 0.2) is 0 Å². The number of nitrogens with one attached hydrogen (secondary N) is 1. The molecule has 1 N–H and O–H groups in total. The van der Waals surface area contributed by atoms with E-state index in [2.05, 4.69) is 5.32 Å². The van der Waals surface area contributed by atoms with E-state index in [0.717, 1.165) is 6.07 Å². The number of amides is 1. The van der Waals surface area contributed by atoms with Crippen LogP contribution in [0.15, 0.2) is 12.1 Å². The Bertz CT molecular complexity index is 537. The topological polar surface area (TPSA) is 75.5 Å². The quantitative estimate of drug-likeness (QED) is 0.668. The van der Waals surface area contributed by atoms with E-state index in [-0.39, 0.29) is 27.3 Å². The van der Waals surface area contributed by atoms with E-state index >= 15 is 0 Å². The van der Waals surface area contributed by atoms with Crippen LogP contribution in [0.1, 0.15) is 13.8 Å². The van der Waals surface area contributed by atoms with Crippen LogP contribution in [0, 0.1) is 10.1 Å². The fourth-order valence-corrected chi connectivity index (χ4v) is 1.91. The second-order valence-electron chi connectivity index (χ2n) is 4.26. The Kier molecular flexibility index (Phi) is 5.59. The molecule has 0 fully saturated rings. The summed E-state index contributed by atoms with van der Waals surface area (Å²) in [6.07, 6.45) is 0. The molecule has 20 heavy (non-hydrogen) atoms. The molecular formula is C12H15Cl2N3O3. The molecule has 1 atom stereocenters. The van der Waals surface area contributed by atoms with Crippen molar-refractivity contribution in [2.24, 2.45) is 0 Å². The first kappa shape index (κ1) is 16.5. The Balaban J connectivity index is 3.05. The molecule has 0 bridgehead atoms. The van der Waals surface area contributed by atoms with Crippen LogP contribution in [-0.2, 0) is 4.79 Å². The Hall–Kier alpha value is -1.53. The van der Waals surface area contributed by atoms with E-state index < -0.39 is 11.0 Å². The van der Waals surface area contributed by atoms with Crippen LogP contribution in [-0.4, -0.2) is 35.4 Å². The minimum Gasteiger partial charge on any atom is -0.368 e. The van der Waals surface area contributed by atoms with Crippen LogP contribution in [0.5, 0.6) is 0 Å². The molecule has 0 aliphatic rings. The predicted molar refractivity (Wildman–Crippen MR) is 79.5 cm³/mol. The van der Waals surface area contributed by atoms with E-state index in [1.807, 2.05) is 6.92 Å². The van der Waals surface area contributed by atoms with Crippen LogP contribution in [0.3, 0.4) is 0 Å². The number of nitro groups is 1. The summed E-state index contributed by atoms with van der Waals surface area (Å²) in [6, 6.07) is 1.89. The lowest BCUT2D eigenvalue weighted by Crippen LogP contribution is -2.38. The van der Waals surface area contributed by atoms with Gasteiger partial charge < -0.3 is 10.2 Å². The summed E-state index contributed by atoms with van der Waals surface area (Å²) in [5, 5.41) is 14.1. The molecule has 1 rings (SSSR count). The first-order chi connectivity index (χ1) is 9.27. The number of hydrogen-bond acceptors (Lipinski definition) is 4. The molecule has 110 valence electrons. The highest BCUT2D eigenvalue weighted by atomic mass is 35.5. The Morgan fingerprint density at radius 1 is 1.45 bits per heavy atom. The number of carbonyl (C=O) groups excluding carboxylic acids is 1. The summed E-state index contributed by atoms with van der Waals surface area (Å²) in [5.41, 5.74) is -0.0621. The third-order valence-electron chi connectivity index (χ3n) is 2.83. The normalized spacial score (nSPS) is 11.8. The van der Waals surface area contributed by atoms with Gasteiger partial charge >= 0.3 is 0 Å². The Labute approximate surface area is 126 Å². The molecule has 1 aromatic carbocycles. The van der Waals surface area contributed by atoms with Gasteiger partial charge in [0.25, 0.3) is 5.69 Å². The van der Waals surface area contributed by atoms with Gasteiger partial charge in [0.05, 0.1) is 15.0 Å². The lowest BCUT2D eigenvalue weighted by atomic mass is 10.2. The summed E-state index contributed by atoms with van der Waals surface area (Å²) in [4.78, 5) is 23.9. The highest BCUT2D eigenvalue weighted by Gasteiger charge is 2.22. The van der Waals surface area contributed by atoms with Gasteiger partial charge in [-0.3, -0.25) is 14.9 Å². The summed E-state index contributed by atoms with van der Waals surface area (Å²) >= 11 is 11.6. The molecule has 0 saturated carbocycles. The maximum atomic E-state index is 11.9. The number of halogens is 2. The number of anilines is 1. The molecule has 0 spiro atoms. The first-order valence-corrected chi connectivity index (χ1v) is 6.68. The Morgan fingerprint density at radius 3 is 2.50 bits per heavy atom. The van der Waals surface area contributed by atoms with Crippen molar-refractivity contribution in [3.63, 3.8) is 0 Å². The molecule has 6 nitrogen and oxygen atoms in total. The summed E-state index contributed by atoms with van der Waals surface area (Å²) in [6.45, 7) is 4.02. The van der Waals surface area contributed by atoms with Crippen molar-refractivity contribution in [1.29, 1.82) is 0 Å². The smallest absolute Gasteiger partial charge is 0.293 e. The fraction of sp³-hybridized carbons (Fsp3) is 0.417. The monoisotopic (exact) mass is 319 g/mol. The van der Waals surface area contributed by atoms with Crippen LogP contribution >= 0.6 is 23.2 Å². The molecule has 0 radical (unpaired) electrons. The van der Waals surface area contributed by atoms with Gasteiger partial charge in [-0.25, -0.2) is 0 Å². The van der Waals surface area contributed by atoms with E-state index in [1.54, 1.807) is 14.0 Å². The van der Waals surface area contributed by atoms with E-state index in [1.165, 1.54) is 11.0 Å². The van der Waals surface area contributed by atoms with Gasteiger partial charge in [-0.1, -0.05) is 23.2 Å². The standard InChI is InChI=1S/C12H15Cl2N3O3/c1-4-16(3)12(18)7(2)15-10-5-8(13)9(14)6-11(10)17(19)20/h5-7,15H,4H2,1-3H3. The average Bonchev–Trinajstić information content (AvgIpc) is 2.40. The zero-order valence-corrected chi connectivity index (χ0v) is 12.8. The van der Waals surface area contributed by atoms with Crippen molar-refractivity contribution in [3.8, 4) is 0 Å². The van der Waals surface area contributed by atoms with Crippen molar-refractivity contribution in [1.82, 2.24) is 4.90 Å². The van der Waals surface area contributed by atoms with Gasteiger partial charge in [0.2, 0.25) is 5.91 Å². The molecule has 1 unspecified atom stereocenters. The molecular weight excluding hydrogens is 305 g/mol. The zero-order chi connectivity index (χ0) is 15.4. The highest BCUT2D eigenvalue weighted by Crippen LogP contribution is 2.34. The van der Waals surface area contributed by atoms with Crippen LogP contribution in [0.4, 0.5) is 11.4 Å². The van der Waals surface area contributed by atoms with Gasteiger partial charge in [-0.2, -0.15) is 0 Å². The number of likely N-dealkylation sites (N-methyl/N-ethyl adjacent to an activating group) is 1. The van der Waals surface area contributed by atoms with E-state index in [9.17, 15) is 14.9 Å². The summed E-state index contributed by atoms with van der Waals surface area (Å²) in [5.74, 6) is -0.173. The Morgan fingerprint density at radius 2 is 2.00 bits per heavy atom. The van der Waals surface area contributed by atoms with Gasteiger partial charge in [-0.05, 0) is 19.9 Å². The number of nitro benzene ring substituents is 1. The van der Waals surface area contributed by atoms with Crippen molar-refractivity contribution in [3.05, 3.63) is 32.3 Å². The zero-order valence-electron chi connectivity index (χ0n) is 11.3. The first-order valence-electron chi connectivity index (χ1n) is 5.92. The number of nitrogens with zero attached hydrogens (tertiary/aromatic N) is 2. The molecule has 1 aromatic rings. The van der Waals surface area contributed by atoms with Crippen molar-refractivity contribution in [2.45, 2.75) is 19.9 Å². The minimum absolute atomic E-state index is 0.0913. The second-order valence-corrected chi connectivity index (χ2v) is 5.07. The van der Waals surface area contributed by atoms with Gasteiger partial charge in [0, 0.05) is 19.7 Å². The average molecular weight is 320 g/mol. The molecule has 1 amide bonds. The van der Waals surface area contributed by atoms with Crippen molar-refractivity contribution < 1.29 is 9.72 Å². The molecule has 0 aliphatic heterocycles. The molecule has 0 heterocycles. The third-order valence-corrected chi connectivity index (χ3v) is 3.55. The van der Waals surface area contributed by atoms with Crippen LogP contribution in [0.25, 0.3) is 0 Å². The number of benzene rings is 1. The van der Waals surface area contributed by atoms with Crippen molar-refractivity contribution >= 4 is 40.5 Å². The number of hydrogen-bond donors (Lipinski definition) is 1. The number of rotatable bonds is 5. The van der Waals surface area contributed by atoms with Gasteiger partial charge in [0.1, 0.15) is 11.7 Å². The van der Waals surface area contributed by atoms with Crippen molar-refractivity contribution in [2.75, 3.05) is 18.9 Å². The molecule has 0 saturated heterocycles. The highest BCUT2D eigenvalue weighted by molar-refractivity contribution is 6.42. The van der Waals surface area contributed by atoms with Gasteiger partial charge in [-0.15, -0.1) is 0 Å². The maximum Gasteiger partial charge on any atom is 0.293 e. The SMILES string of the molecule is CCN(C)C(=O)C(C)Nc1cc(Cl)c(Cl)cc1[N+](=O)[O-]. The molecule has 0 aromatic heterocycles. The third kappa shape index (κ3) is 3.74. The summed E-state index contributed by atoms with van der Waals surface area (Å²) in [7, 11) is 1.66. The second kappa shape index (κ2) is 6.76. The van der Waals surface area contributed by atoms with E-state index in [0.29, 0.717) is 6.54 Å². The largest absolute Gasteiger partial charge is 0.368 e. The molecule has 0 aliphatic carbocycles. The maximum absolute atomic E-state index is 11.9.